The molecular weight excluding hydrogens is 206 g/mol. The summed E-state index contributed by atoms with van der Waals surface area (Å²) in [4.78, 5) is 24.7. The maximum Gasteiger partial charge on any atom is 0.326 e. The van der Waals surface area contributed by atoms with E-state index < -0.39 is 17.4 Å². The highest BCUT2D eigenvalue weighted by atomic mass is 16.4. The summed E-state index contributed by atoms with van der Waals surface area (Å²) in [5, 5.41) is 9.28. The summed E-state index contributed by atoms with van der Waals surface area (Å²) in [6, 6.07) is -0.710. The number of rotatable bonds is 2. The SMILES string of the molecule is CC(C)(C)C(C(=O)O)N1CCCCCC1=O. The smallest absolute Gasteiger partial charge is 0.326 e. The van der Waals surface area contributed by atoms with Gasteiger partial charge in [0, 0.05) is 13.0 Å². The van der Waals surface area contributed by atoms with E-state index in [0.717, 1.165) is 19.3 Å². The van der Waals surface area contributed by atoms with Crippen molar-refractivity contribution in [1.29, 1.82) is 0 Å². The molecule has 0 saturated carbocycles. The maximum atomic E-state index is 11.9. The zero-order valence-electron chi connectivity index (χ0n) is 10.3. The topological polar surface area (TPSA) is 57.6 Å². The Balaban J connectivity index is 2.92. The first-order valence-corrected chi connectivity index (χ1v) is 5.86. The Morgan fingerprint density at radius 3 is 2.44 bits per heavy atom. The van der Waals surface area contributed by atoms with Gasteiger partial charge in [0.1, 0.15) is 6.04 Å². The van der Waals surface area contributed by atoms with Gasteiger partial charge in [-0.1, -0.05) is 27.2 Å². The normalized spacial score (nSPS) is 20.4. The Hall–Kier alpha value is -1.06. The van der Waals surface area contributed by atoms with Gasteiger partial charge in [-0.15, -0.1) is 0 Å². The molecule has 92 valence electrons. The van der Waals surface area contributed by atoms with Crippen molar-refractivity contribution in [2.45, 2.75) is 52.5 Å². The van der Waals surface area contributed by atoms with Gasteiger partial charge in [0.2, 0.25) is 5.91 Å². The van der Waals surface area contributed by atoms with E-state index >= 15 is 0 Å². The lowest BCUT2D eigenvalue weighted by Crippen LogP contribution is -2.51. The van der Waals surface area contributed by atoms with Crippen LogP contribution >= 0.6 is 0 Å². The van der Waals surface area contributed by atoms with Crippen molar-refractivity contribution < 1.29 is 14.7 Å². The van der Waals surface area contributed by atoms with Crippen LogP contribution < -0.4 is 0 Å². The Bertz CT molecular complexity index is 280. The molecule has 0 aromatic carbocycles. The van der Waals surface area contributed by atoms with Gasteiger partial charge in [-0.2, -0.15) is 0 Å². The molecule has 1 amide bonds. The molecule has 0 radical (unpaired) electrons. The second-order valence-electron chi connectivity index (χ2n) is 5.50. The van der Waals surface area contributed by atoms with Gasteiger partial charge in [0.25, 0.3) is 0 Å². The molecule has 0 aromatic heterocycles. The van der Waals surface area contributed by atoms with E-state index in [0.29, 0.717) is 13.0 Å². The van der Waals surface area contributed by atoms with Crippen molar-refractivity contribution in [1.82, 2.24) is 4.90 Å². The molecule has 1 aliphatic heterocycles. The molecule has 1 heterocycles. The van der Waals surface area contributed by atoms with E-state index in [1.54, 1.807) is 4.90 Å². The number of carboxylic acid groups (broad SMARTS) is 1. The van der Waals surface area contributed by atoms with Gasteiger partial charge in [-0.25, -0.2) is 4.79 Å². The summed E-state index contributed by atoms with van der Waals surface area (Å²) in [5.41, 5.74) is -0.425. The third-order valence-corrected chi connectivity index (χ3v) is 2.98. The number of amides is 1. The van der Waals surface area contributed by atoms with Crippen molar-refractivity contribution >= 4 is 11.9 Å². The second-order valence-corrected chi connectivity index (χ2v) is 5.50. The van der Waals surface area contributed by atoms with E-state index in [2.05, 4.69) is 0 Å². The minimum Gasteiger partial charge on any atom is -0.480 e. The molecule has 0 bridgehead atoms. The van der Waals surface area contributed by atoms with E-state index in [-0.39, 0.29) is 5.91 Å². The predicted octanol–water partition coefficient (Wildman–Crippen LogP) is 1.89. The Morgan fingerprint density at radius 2 is 1.94 bits per heavy atom. The van der Waals surface area contributed by atoms with Gasteiger partial charge < -0.3 is 10.0 Å². The van der Waals surface area contributed by atoms with Crippen LogP contribution in [0.15, 0.2) is 0 Å². The molecule has 1 atom stereocenters. The summed E-state index contributed by atoms with van der Waals surface area (Å²) < 4.78 is 0. The van der Waals surface area contributed by atoms with Gasteiger partial charge in [0.05, 0.1) is 0 Å². The van der Waals surface area contributed by atoms with Crippen LogP contribution in [0, 0.1) is 5.41 Å². The summed E-state index contributed by atoms with van der Waals surface area (Å²) in [6.45, 7) is 6.17. The van der Waals surface area contributed by atoms with Crippen LogP contribution in [0.2, 0.25) is 0 Å². The lowest BCUT2D eigenvalue weighted by molar-refractivity contribution is -0.154. The molecule has 1 N–H and O–H groups in total. The van der Waals surface area contributed by atoms with Crippen molar-refractivity contribution in [3.8, 4) is 0 Å². The number of likely N-dealkylation sites (tertiary alicyclic amines) is 1. The molecule has 1 aliphatic rings. The van der Waals surface area contributed by atoms with Gasteiger partial charge >= 0.3 is 5.97 Å². The van der Waals surface area contributed by atoms with Crippen LogP contribution in [0.1, 0.15) is 46.5 Å². The van der Waals surface area contributed by atoms with E-state index in [4.69, 9.17) is 0 Å². The summed E-state index contributed by atoms with van der Waals surface area (Å²) in [7, 11) is 0. The van der Waals surface area contributed by atoms with Crippen molar-refractivity contribution in [2.75, 3.05) is 6.54 Å². The summed E-state index contributed by atoms with van der Waals surface area (Å²) in [6.07, 6.45) is 3.29. The zero-order valence-corrected chi connectivity index (χ0v) is 10.3. The summed E-state index contributed by atoms with van der Waals surface area (Å²) in [5.74, 6) is -0.914. The second kappa shape index (κ2) is 4.85. The van der Waals surface area contributed by atoms with Crippen LogP contribution in [0.3, 0.4) is 0 Å². The summed E-state index contributed by atoms with van der Waals surface area (Å²) >= 11 is 0. The predicted molar refractivity (Wildman–Crippen MR) is 61.1 cm³/mol. The van der Waals surface area contributed by atoms with Gasteiger partial charge in [0.15, 0.2) is 0 Å². The first kappa shape index (κ1) is 13.0. The number of nitrogens with zero attached hydrogens (tertiary/aromatic N) is 1. The van der Waals surface area contributed by atoms with Crippen LogP contribution in [0.4, 0.5) is 0 Å². The highest BCUT2D eigenvalue weighted by molar-refractivity contribution is 5.84. The van der Waals surface area contributed by atoms with Crippen LogP contribution in [-0.4, -0.2) is 34.5 Å². The van der Waals surface area contributed by atoms with E-state index in [9.17, 15) is 14.7 Å². The lowest BCUT2D eigenvalue weighted by atomic mass is 9.85. The monoisotopic (exact) mass is 227 g/mol. The van der Waals surface area contributed by atoms with Gasteiger partial charge in [-0.3, -0.25) is 4.79 Å². The van der Waals surface area contributed by atoms with Crippen LogP contribution in [-0.2, 0) is 9.59 Å². The van der Waals surface area contributed by atoms with Crippen molar-refractivity contribution in [3.63, 3.8) is 0 Å². The average Bonchev–Trinajstić information content (AvgIpc) is 2.29. The Labute approximate surface area is 96.6 Å². The fourth-order valence-corrected chi connectivity index (χ4v) is 2.25. The molecule has 16 heavy (non-hydrogen) atoms. The van der Waals surface area contributed by atoms with E-state index in [1.807, 2.05) is 20.8 Å². The first-order valence-electron chi connectivity index (χ1n) is 5.86. The lowest BCUT2D eigenvalue weighted by Gasteiger charge is -2.36. The number of carbonyl (C=O) groups excluding carboxylic acids is 1. The quantitative estimate of drug-likeness (QED) is 0.783. The zero-order chi connectivity index (χ0) is 12.3. The van der Waals surface area contributed by atoms with Crippen molar-refractivity contribution in [2.24, 2.45) is 5.41 Å². The fourth-order valence-electron chi connectivity index (χ4n) is 2.25. The molecular formula is C12H21NO3. The minimum atomic E-state index is -0.900. The number of hydrogen-bond acceptors (Lipinski definition) is 2. The van der Waals surface area contributed by atoms with Crippen LogP contribution in [0.5, 0.6) is 0 Å². The molecule has 0 aliphatic carbocycles. The third-order valence-electron chi connectivity index (χ3n) is 2.98. The largest absolute Gasteiger partial charge is 0.480 e. The highest BCUT2D eigenvalue weighted by Gasteiger charge is 2.38. The molecule has 1 fully saturated rings. The minimum absolute atomic E-state index is 0.0141. The Morgan fingerprint density at radius 1 is 1.31 bits per heavy atom. The first-order chi connectivity index (χ1) is 7.34. The molecule has 4 heteroatoms. The van der Waals surface area contributed by atoms with Crippen LogP contribution in [0.25, 0.3) is 0 Å². The van der Waals surface area contributed by atoms with Gasteiger partial charge in [-0.05, 0) is 18.3 Å². The number of aliphatic carboxylic acids is 1. The fraction of sp³-hybridized carbons (Fsp3) is 0.833. The number of hydrogen-bond donors (Lipinski definition) is 1. The third kappa shape index (κ3) is 2.97. The Kier molecular flexibility index (Phi) is 3.94. The highest BCUT2D eigenvalue weighted by Crippen LogP contribution is 2.27. The number of carboxylic acids is 1. The standard InChI is InChI=1S/C12H21NO3/c1-12(2,3)10(11(15)16)13-8-6-4-5-7-9(13)14/h10H,4-8H2,1-3H3,(H,15,16). The van der Waals surface area contributed by atoms with E-state index in [1.165, 1.54) is 0 Å². The molecule has 4 nitrogen and oxygen atoms in total. The molecule has 0 spiro atoms. The van der Waals surface area contributed by atoms with Crippen molar-refractivity contribution in [3.05, 3.63) is 0 Å². The number of carbonyl (C=O) groups is 2. The molecule has 0 aromatic rings. The molecule has 1 rings (SSSR count). The maximum absolute atomic E-state index is 11.9. The molecule has 1 saturated heterocycles. The average molecular weight is 227 g/mol. The molecule has 1 unspecified atom stereocenters.